The second kappa shape index (κ2) is 6.48. The molecule has 0 radical (unpaired) electrons. The fourth-order valence-electron chi connectivity index (χ4n) is 1.28. The number of aromatic nitrogens is 2. The lowest BCUT2D eigenvalue weighted by atomic mass is 10.2. The minimum Gasteiger partial charge on any atom is -0.477 e. The number of ether oxygens (including phenoxy) is 1. The van der Waals surface area contributed by atoms with Gasteiger partial charge in [0.2, 0.25) is 5.88 Å². The summed E-state index contributed by atoms with van der Waals surface area (Å²) in [6, 6.07) is 0. The monoisotopic (exact) mass is 240 g/mol. The van der Waals surface area contributed by atoms with Gasteiger partial charge in [0.05, 0.1) is 12.2 Å². The first-order chi connectivity index (χ1) is 7.65. The lowest BCUT2D eigenvalue weighted by Gasteiger charge is -2.10. The van der Waals surface area contributed by atoms with Crippen molar-refractivity contribution in [2.45, 2.75) is 33.1 Å². The molecule has 0 bridgehead atoms. The fraction of sp³-hybridized carbons (Fsp3) is 0.500. The molecule has 0 saturated carbocycles. The van der Waals surface area contributed by atoms with Crippen LogP contribution in [0.1, 0.15) is 32.3 Å². The minimum absolute atomic E-state index is 0.488. The quantitative estimate of drug-likeness (QED) is 0.565. The Hall–Kier alpha value is -1.09. The van der Waals surface area contributed by atoms with Crippen LogP contribution in [-0.2, 0) is 6.42 Å². The molecule has 3 nitrogen and oxygen atoms in total. The van der Waals surface area contributed by atoms with Crippen LogP contribution in [0.25, 0.3) is 0 Å². The van der Waals surface area contributed by atoms with E-state index in [4.69, 9.17) is 16.3 Å². The van der Waals surface area contributed by atoms with E-state index in [1.165, 1.54) is 6.33 Å². The molecule has 0 aliphatic heterocycles. The number of rotatable bonds is 6. The molecule has 1 aromatic heterocycles. The summed E-state index contributed by atoms with van der Waals surface area (Å²) in [4.78, 5) is 8.07. The molecule has 0 unspecified atom stereocenters. The molecule has 1 heterocycles. The second-order valence-electron chi connectivity index (χ2n) is 3.75. The van der Waals surface area contributed by atoms with Crippen molar-refractivity contribution in [3.63, 3.8) is 0 Å². The summed E-state index contributed by atoms with van der Waals surface area (Å²) in [7, 11) is 0. The SMILES string of the molecule is C=C(C)CCOc1ncnc(Cl)c1CCC. The molecule has 1 aromatic rings. The molecule has 0 spiro atoms. The predicted molar refractivity (Wildman–Crippen MR) is 66.0 cm³/mol. The first-order valence-electron chi connectivity index (χ1n) is 5.41. The van der Waals surface area contributed by atoms with Crippen LogP contribution in [0.15, 0.2) is 18.5 Å². The average Bonchev–Trinajstić information content (AvgIpc) is 2.22. The normalized spacial score (nSPS) is 10.2. The molecular formula is C12H17ClN2O. The standard InChI is InChI=1S/C12H17ClN2O/c1-4-5-10-11(13)14-8-15-12(10)16-7-6-9(2)3/h8H,2,4-7H2,1,3H3. The van der Waals surface area contributed by atoms with Crippen LogP contribution in [0.4, 0.5) is 0 Å². The smallest absolute Gasteiger partial charge is 0.221 e. The van der Waals surface area contributed by atoms with E-state index in [2.05, 4.69) is 23.5 Å². The van der Waals surface area contributed by atoms with Crippen LogP contribution in [-0.4, -0.2) is 16.6 Å². The van der Waals surface area contributed by atoms with Gasteiger partial charge in [-0.1, -0.05) is 30.5 Å². The van der Waals surface area contributed by atoms with Gasteiger partial charge in [0.15, 0.2) is 0 Å². The van der Waals surface area contributed by atoms with Crippen molar-refractivity contribution >= 4 is 11.6 Å². The van der Waals surface area contributed by atoms with Crippen LogP contribution in [0.5, 0.6) is 5.88 Å². The van der Waals surface area contributed by atoms with E-state index >= 15 is 0 Å². The van der Waals surface area contributed by atoms with E-state index in [1.54, 1.807) is 0 Å². The van der Waals surface area contributed by atoms with Crippen LogP contribution in [0.3, 0.4) is 0 Å². The fourth-order valence-corrected chi connectivity index (χ4v) is 1.50. The second-order valence-corrected chi connectivity index (χ2v) is 4.11. The Labute approximate surface area is 102 Å². The summed E-state index contributed by atoms with van der Waals surface area (Å²) in [5, 5.41) is 0.488. The van der Waals surface area contributed by atoms with E-state index < -0.39 is 0 Å². The Morgan fingerprint density at radius 2 is 2.25 bits per heavy atom. The van der Waals surface area contributed by atoms with Crippen molar-refractivity contribution in [2.75, 3.05) is 6.61 Å². The van der Waals surface area contributed by atoms with E-state index in [1.807, 2.05) is 6.92 Å². The molecule has 16 heavy (non-hydrogen) atoms. The number of halogens is 1. The lowest BCUT2D eigenvalue weighted by Crippen LogP contribution is -2.04. The van der Waals surface area contributed by atoms with Crippen molar-refractivity contribution in [1.82, 2.24) is 9.97 Å². The number of nitrogens with zero attached hydrogens (tertiary/aromatic N) is 2. The molecule has 0 atom stereocenters. The maximum atomic E-state index is 6.00. The highest BCUT2D eigenvalue weighted by atomic mass is 35.5. The third-order valence-electron chi connectivity index (χ3n) is 2.12. The Bertz CT molecular complexity index is 366. The highest BCUT2D eigenvalue weighted by molar-refractivity contribution is 6.30. The van der Waals surface area contributed by atoms with Crippen molar-refractivity contribution in [3.05, 3.63) is 29.2 Å². The van der Waals surface area contributed by atoms with E-state index in [9.17, 15) is 0 Å². The molecule has 0 saturated heterocycles. The van der Waals surface area contributed by atoms with E-state index in [0.717, 1.165) is 30.4 Å². The van der Waals surface area contributed by atoms with Crippen LogP contribution in [0.2, 0.25) is 5.15 Å². The third-order valence-corrected chi connectivity index (χ3v) is 2.45. The van der Waals surface area contributed by atoms with Gasteiger partial charge in [-0.25, -0.2) is 9.97 Å². The number of hydrogen-bond acceptors (Lipinski definition) is 3. The van der Waals surface area contributed by atoms with Gasteiger partial charge in [-0.05, 0) is 13.3 Å². The van der Waals surface area contributed by atoms with Gasteiger partial charge in [-0.15, -0.1) is 6.58 Å². The first-order valence-corrected chi connectivity index (χ1v) is 5.79. The average molecular weight is 241 g/mol. The van der Waals surface area contributed by atoms with Gasteiger partial charge in [0.1, 0.15) is 11.5 Å². The van der Waals surface area contributed by atoms with Gasteiger partial charge in [-0.3, -0.25) is 0 Å². The van der Waals surface area contributed by atoms with Gasteiger partial charge >= 0.3 is 0 Å². The predicted octanol–water partition coefficient (Wildman–Crippen LogP) is 3.43. The zero-order chi connectivity index (χ0) is 12.0. The van der Waals surface area contributed by atoms with E-state index in [-0.39, 0.29) is 0 Å². The van der Waals surface area contributed by atoms with E-state index in [0.29, 0.717) is 17.6 Å². The highest BCUT2D eigenvalue weighted by Gasteiger charge is 2.09. The highest BCUT2D eigenvalue weighted by Crippen LogP contribution is 2.23. The van der Waals surface area contributed by atoms with Crippen LogP contribution >= 0.6 is 11.6 Å². The maximum absolute atomic E-state index is 6.00. The molecule has 0 N–H and O–H groups in total. The molecule has 0 aliphatic carbocycles. The summed E-state index contributed by atoms with van der Waals surface area (Å²) < 4.78 is 5.58. The summed E-state index contributed by atoms with van der Waals surface area (Å²) in [6.45, 7) is 8.47. The molecule has 0 aliphatic rings. The summed E-state index contributed by atoms with van der Waals surface area (Å²) in [5.74, 6) is 0.600. The van der Waals surface area contributed by atoms with Gasteiger partial charge in [0, 0.05) is 6.42 Å². The zero-order valence-electron chi connectivity index (χ0n) is 9.79. The van der Waals surface area contributed by atoms with Gasteiger partial charge in [-0.2, -0.15) is 0 Å². The molecule has 88 valence electrons. The molecule has 0 fully saturated rings. The van der Waals surface area contributed by atoms with Gasteiger partial charge < -0.3 is 4.74 Å². The van der Waals surface area contributed by atoms with Crippen molar-refractivity contribution in [1.29, 1.82) is 0 Å². The Morgan fingerprint density at radius 1 is 1.50 bits per heavy atom. The Morgan fingerprint density at radius 3 is 2.88 bits per heavy atom. The van der Waals surface area contributed by atoms with Crippen LogP contribution in [0, 0.1) is 0 Å². The van der Waals surface area contributed by atoms with Crippen molar-refractivity contribution in [3.8, 4) is 5.88 Å². The Balaban J connectivity index is 2.70. The summed E-state index contributed by atoms with van der Waals surface area (Å²) in [6.07, 6.45) is 4.08. The largest absolute Gasteiger partial charge is 0.477 e. The maximum Gasteiger partial charge on any atom is 0.221 e. The molecule has 1 rings (SSSR count). The topological polar surface area (TPSA) is 35.0 Å². The molecule has 0 amide bonds. The summed E-state index contributed by atoms with van der Waals surface area (Å²) in [5.41, 5.74) is 1.99. The molecular weight excluding hydrogens is 224 g/mol. The Kier molecular flexibility index (Phi) is 5.26. The van der Waals surface area contributed by atoms with Crippen LogP contribution < -0.4 is 4.74 Å². The van der Waals surface area contributed by atoms with Crippen molar-refractivity contribution < 1.29 is 4.74 Å². The lowest BCUT2D eigenvalue weighted by molar-refractivity contribution is 0.305. The zero-order valence-corrected chi connectivity index (χ0v) is 10.5. The molecule has 0 aromatic carbocycles. The van der Waals surface area contributed by atoms with Crippen molar-refractivity contribution in [2.24, 2.45) is 0 Å². The number of hydrogen-bond donors (Lipinski definition) is 0. The summed E-state index contributed by atoms with van der Waals surface area (Å²) >= 11 is 6.00. The van der Waals surface area contributed by atoms with Gasteiger partial charge in [0.25, 0.3) is 0 Å². The third kappa shape index (κ3) is 3.81. The minimum atomic E-state index is 0.488. The molecule has 4 heteroatoms. The first kappa shape index (κ1) is 13.0.